The number of aromatic nitrogens is 1. The molecule has 118 valence electrons. The molecule has 0 amide bonds. The van der Waals surface area contributed by atoms with Crippen LogP contribution in [-0.4, -0.2) is 19.1 Å². The second-order valence-corrected chi connectivity index (χ2v) is 6.83. The van der Waals surface area contributed by atoms with Crippen molar-refractivity contribution in [2.75, 3.05) is 0 Å². The van der Waals surface area contributed by atoms with Crippen molar-refractivity contribution in [2.45, 2.75) is 18.7 Å². The maximum atomic E-state index is 12.1. The number of hydrazone groups is 1. The fourth-order valence-corrected chi connectivity index (χ4v) is 2.88. The van der Waals surface area contributed by atoms with Gasteiger partial charge in [-0.15, -0.1) is 0 Å². The van der Waals surface area contributed by atoms with E-state index in [0.29, 0.717) is 22.7 Å². The molecular formula is C16H15N3O3S. The van der Waals surface area contributed by atoms with Crippen LogP contribution in [-0.2, 0) is 10.0 Å². The highest BCUT2D eigenvalue weighted by molar-refractivity contribution is 7.89. The number of oxazole rings is 1. The molecule has 0 fully saturated rings. The number of rotatable bonds is 4. The van der Waals surface area contributed by atoms with Crippen LogP contribution in [0.4, 0.5) is 0 Å². The monoisotopic (exact) mass is 329 g/mol. The Morgan fingerprint density at radius 2 is 1.78 bits per heavy atom. The zero-order chi connectivity index (χ0) is 16.4. The van der Waals surface area contributed by atoms with E-state index in [4.69, 9.17) is 4.42 Å². The molecule has 0 aliphatic heterocycles. The Labute approximate surface area is 133 Å². The van der Waals surface area contributed by atoms with Crippen molar-refractivity contribution >= 4 is 26.8 Å². The average molecular weight is 329 g/mol. The van der Waals surface area contributed by atoms with Crippen LogP contribution in [0.15, 0.2) is 62.9 Å². The highest BCUT2D eigenvalue weighted by Crippen LogP contribution is 2.25. The van der Waals surface area contributed by atoms with Crippen LogP contribution in [0.3, 0.4) is 0 Å². The SMILES string of the molecule is CC(C)=NNS(=O)(=O)c1ccc(-c2nc3ccccc3o2)cc1. The van der Waals surface area contributed by atoms with E-state index in [1.165, 1.54) is 12.1 Å². The molecule has 1 N–H and O–H groups in total. The van der Waals surface area contributed by atoms with Crippen molar-refractivity contribution in [1.29, 1.82) is 0 Å². The Hall–Kier alpha value is -2.67. The van der Waals surface area contributed by atoms with Crippen molar-refractivity contribution in [3.05, 3.63) is 48.5 Å². The van der Waals surface area contributed by atoms with E-state index < -0.39 is 10.0 Å². The fourth-order valence-electron chi connectivity index (χ4n) is 1.98. The van der Waals surface area contributed by atoms with Crippen LogP contribution in [0.2, 0.25) is 0 Å². The Bertz CT molecular complexity index is 936. The quantitative estimate of drug-likeness (QED) is 0.588. The van der Waals surface area contributed by atoms with Gasteiger partial charge in [-0.05, 0) is 50.2 Å². The van der Waals surface area contributed by atoms with Crippen LogP contribution in [0.5, 0.6) is 0 Å². The predicted molar refractivity (Wildman–Crippen MR) is 88.5 cm³/mol. The summed E-state index contributed by atoms with van der Waals surface area (Å²) < 4.78 is 29.8. The minimum Gasteiger partial charge on any atom is -0.436 e. The topological polar surface area (TPSA) is 84.6 Å². The molecule has 1 heterocycles. The predicted octanol–water partition coefficient (Wildman–Crippen LogP) is 3.17. The Kier molecular flexibility index (Phi) is 3.87. The molecule has 3 aromatic rings. The molecule has 0 aliphatic carbocycles. The van der Waals surface area contributed by atoms with E-state index in [9.17, 15) is 8.42 Å². The first-order chi connectivity index (χ1) is 11.0. The van der Waals surface area contributed by atoms with Gasteiger partial charge in [0.15, 0.2) is 5.58 Å². The van der Waals surface area contributed by atoms with E-state index >= 15 is 0 Å². The number of benzene rings is 2. The minimum absolute atomic E-state index is 0.127. The van der Waals surface area contributed by atoms with Crippen LogP contribution in [0.1, 0.15) is 13.8 Å². The van der Waals surface area contributed by atoms with Gasteiger partial charge in [-0.25, -0.2) is 9.82 Å². The number of nitrogens with zero attached hydrogens (tertiary/aromatic N) is 2. The summed E-state index contributed by atoms with van der Waals surface area (Å²) in [4.78, 5) is 6.68. The molecule has 0 unspecified atom stereocenters. The molecular weight excluding hydrogens is 314 g/mol. The summed E-state index contributed by atoms with van der Waals surface area (Å²) in [6.45, 7) is 3.41. The number of fused-ring (bicyclic) bond motifs is 1. The van der Waals surface area contributed by atoms with Gasteiger partial charge in [0.1, 0.15) is 5.52 Å². The van der Waals surface area contributed by atoms with Gasteiger partial charge in [0.25, 0.3) is 10.0 Å². The summed E-state index contributed by atoms with van der Waals surface area (Å²) in [6, 6.07) is 13.7. The molecule has 1 aromatic heterocycles. The summed E-state index contributed by atoms with van der Waals surface area (Å²) in [5, 5.41) is 3.73. The van der Waals surface area contributed by atoms with Crippen molar-refractivity contribution in [1.82, 2.24) is 9.82 Å². The van der Waals surface area contributed by atoms with E-state index in [1.54, 1.807) is 26.0 Å². The molecule has 0 radical (unpaired) electrons. The molecule has 3 rings (SSSR count). The minimum atomic E-state index is -3.67. The van der Waals surface area contributed by atoms with Gasteiger partial charge < -0.3 is 4.42 Å². The van der Waals surface area contributed by atoms with Gasteiger partial charge in [-0.1, -0.05) is 12.1 Å². The Balaban J connectivity index is 1.91. The third-order valence-electron chi connectivity index (χ3n) is 3.09. The molecule has 2 aromatic carbocycles. The first-order valence-electron chi connectivity index (χ1n) is 6.94. The third kappa shape index (κ3) is 3.24. The summed E-state index contributed by atoms with van der Waals surface area (Å²) in [5.41, 5.74) is 2.77. The number of para-hydroxylation sites is 2. The van der Waals surface area contributed by atoms with Gasteiger partial charge >= 0.3 is 0 Å². The smallest absolute Gasteiger partial charge is 0.276 e. The normalized spacial score (nSPS) is 11.4. The average Bonchev–Trinajstić information content (AvgIpc) is 2.97. The van der Waals surface area contributed by atoms with Crippen molar-refractivity contribution in [3.8, 4) is 11.5 Å². The van der Waals surface area contributed by atoms with E-state index in [0.717, 1.165) is 5.52 Å². The molecule has 0 spiro atoms. The van der Waals surface area contributed by atoms with Gasteiger partial charge in [0, 0.05) is 11.3 Å². The molecule has 23 heavy (non-hydrogen) atoms. The zero-order valence-electron chi connectivity index (χ0n) is 12.6. The first-order valence-corrected chi connectivity index (χ1v) is 8.43. The fraction of sp³-hybridized carbons (Fsp3) is 0.125. The standard InChI is InChI=1S/C16H15N3O3S/c1-11(2)18-19-23(20,21)13-9-7-12(8-10-13)16-17-14-5-3-4-6-15(14)22-16/h3-10,19H,1-2H3. The maximum Gasteiger partial charge on any atom is 0.276 e. The molecule has 0 saturated heterocycles. The van der Waals surface area contributed by atoms with Crippen LogP contribution < -0.4 is 4.83 Å². The number of nitrogens with one attached hydrogen (secondary N) is 1. The summed E-state index contributed by atoms with van der Waals surface area (Å²) in [5.74, 6) is 0.450. The van der Waals surface area contributed by atoms with Gasteiger partial charge in [-0.2, -0.15) is 13.5 Å². The molecule has 0 atom stereocenters. The number of hydrogen-bond acceptors (Lipinski definition) is 5. The van der Waals surface area contributed by atoms with E-state index in [1.807, 2.05) is 24.3 Å². The van der Waals surface area contributed by atoms with Gasteiger partial charge in [0.2, 0.25) is 5.89 Å². The highest BCUT2D eigenvalue weighted by Gasteiger charge is 2.14. The highest BCUT2D eigenvalue weighted by atomic mass is 32.2. The lowest BCUT2D eigenvalue weighted by molar-refractivity contribution is 0.584. The van der Waals surface area contributed by atoms with Crippen molar-refractivity contribution in [3.63, 3.8) is 0 Å². The van der Waals surface area contributed by atoms with E-state index in [-0.39, 0.29) is 4.90 Å². The maximum absolute atomic E-state index is 12.1. The van der Waals surface area contributed by atoms with Crippen molar-refractivity contribution < 1.29 is 12.8 Å². The molecule has 0 aliphatic rings. The molecule has 7 heteroatoms. The second-order valence-electron chi connectivity index (χ2n) is 5.16. The van der Waals surface area contributed by atoms with Crippen LogP contribution in [0.25, 0.3) is 22.6 Å². The number of sulfonamides is 1. The Morgan fingerprint density at radius 3 is 2.43 bits per heavy atom. The Morgan fingerprint density at radius 1 is 1.09 bits per heavy atom. The largest absolute Gasteiger partial charge is 0.436 e. The number of hydrogen-bond donors (Lipinski definition) is 1. The van der Waals surface area contributed by atoms with Gasteiger partial charge in [0.05, 0.1) is 4.90 Å². The van der Waals surface area contributed by atoms with Crippen LogP contribution >= 0.6 is 0 Å². The van der Waals surface area contributed by atoms with Crippen LogP contribution in [0, 0.1) is 0 Å². The van der Waals surface area contributed by atoms with Gasteiger partial charge in [-0.3, -0.25) is 0 Å². The lowest BCUT2D eigenvalue weighted by Crippen LogP contribution is -2.19. The van der Waals surface area contributed by atoms with E-state index in [2.05, 4.69) is 14.9 Å². The lowest BCUT2D eigenvalue weighted by atomic mass is 10.2. The molecule has 0 bridgehead atoms. The second kappa shape index (κ2) is 5.85. The summed E-state index contributed by atoms with van der Waals surface area (Å²) in [7, 11) is -3.67. The van der Waals surface area contributed by atoms with Crippen molar-refractivity contribution in [2.24, 2.45) is 5.10 Å². The molecule has 0 saturated carbocycles. The lowest BCUT2D eigenvalue weighted by Gasteiger charge is -2.04. The first kappa shape index (κ1) is 15.2. The zero-order valence-corrected chi connectivity index (χ0v) is 13.5. The summed E-state index contributed by atoms with van der Waals surface area (Å²) >= 11 is 0. The third-order valence-corrected chi connectivity index (χ3v) is 4.32. The molecule has 6 nitrogen and oxygen atoms in total. The summed E-state index contributed by atoms with van der Waals surface area (Å²) in [6.07, 6.45) is 0.